The van der Waals surface area contributed by atoms with E-state index in [2.05, 4.69) is 18.9 Å². The molecule has 2 aromatic rings. The molecule has 1 heterocycles. The van der Waals surface area contributed by atoms with E-state index in [0.29, 0.717) is 5.92 Å². The average Bonchev–Trinajstić information content (AvgIpc) is 3.14. The summed E-state index contributed by atoms with van der Waals surface area (Å²) in [7, 11) is 3.37. The number of hydrogen-bond acceptors (Lipinski definition) is 3. The van der Waals surface area contributed by atoms with Gasteiger partial charge in [-0.2, -0.15) is 5.10 Å². The van der Waals surface area contributed by atoms with Gasteiger partial charge >= 0.3 is 0 Å². The van der Waals surface area contributed by atoms with Crippen molar-refractivity contribution in [3.63, 3.8) is 0 Å². The Morgan fingerprint density at radius 2 is 1.88 bits per heavy atom. The van der Waals surface area contributed by atoms with Crippen molar-refractivity contribution in [1.29, 1.82) is 0 Å². The Balaban J connectivity index is 2.03. The van der Waals surface area contributed by atoms with Crippen molar-refractivity contribution in [2.45, 2.75) is 32.7 Å². The summed E-state index contributed by atoms with van der Waals surface area (Å²) in [6, 6.07) is 9.23. The van der Waals surface area contributed by atoms with Gasteiger partial charge in [-0.3, -0.25) is 14.3 Å². The first kappa shape index (κ1) is 18.7. The fourth-order valence-electron chi connectivity index (χ4n) is 2.57. The zero-order chi connectivity index (χ0) is 18.6. The molecule has 0 fully saturated rings. The second kappa shape index (κ2) is 7.96. The number of likely N-dealkylation sites (N-methyl/N-ethyl adjacent to an activating group) is 2. The minimum Gasteiger partial charge on any atom is -0.335 e. The first-order valence-corrected chi connectivity index (χ1v) is 8.42. The maximum atomic E-state index is 12.6. The predicted molar refractivity (Wildman–Crippen MR) is 98.5 cm³/mol. The number of rotatable bonds is 6. The summed E-state index contributed by atoms with van der Waals surface area (Å²) in [4.78, 5) is 28.1. The highest BCUT2D eigenvalue weighted by Gasteiger charge is 2.23. The number of benzene rings is 1. The second-order valence-corrected chi connectivity index (χ2v) is 6.56. The lowest BCUT2D eigenvalue weighted by Gasteiger charge is -2.25. The first-order chi connectivity index (χ1) is 11.8. The van der Waals surface area contributed by atoms with Gasteiger partial charge in [-0.25, -0.2) is 0 Å². The fraction of sp³-hybridized carbons (Fsp3) is 0.421. The summed E-state index contributed by atoms with van der Waals surface area (Å²) in [5, 5.41) is 4.08. The zero-order valence-corrected chi connectivity index (χ0v) is 15.5. The van der Waals surface area contributed by atoms with E-state index in [1.165, 1.54) is 10.5 Å². The number of amides is 2. The van der Waals surface area contributed by atoms with Gasteiger partial charge in [0.1, 0.15) is 6.04 Å². The Hall–Kier alpha value is -2.63. The molecule has 0 aliphatic heterocycles. The summed E-state index contributed by atoms with van der Waals surface area (Å²) in [5.41, 5.74) is 2.01. The standard InChI is InChI=1S/C19H26N4O2/c1-14(2)16-8-6-9-17(12-16)22(5)18(24)13-21(4)19(25)15(3)23-11-7-10-20-23/h6-12,14-15H,13H2,1-5H3. The van der Waals surface area contributed by atoms with Gasteiger partial charge in [0.2, 0.25) is 11.8 Å². The van der Waals surface area contributed by atoms with Gasteiger partial charge in [-0.15, -0.1) is 0 Å². The molecule has 6 nitrogen and oxygen atoms in total. The molecule has 0 aliphatic rings. The van der Waals surface area contributed by atoms with Crippen LogP contribution < -0.4 is 4.90 Å². The van der Waals surface area contributed by atoms with Gasteiger partial charge in [0.15, 0.2) is 0 Å². The lowest BCUT2D eigenvalue weighted by molar-refractivity contribution is -0.136. The second-order valence-electron chi connectivity index (χ2n) is 6.56. The Bertz CT molecular complexity index is 725. The van der Waals surface area contributed by atoms with E-state index >= 15 is 0 Å². The highest BCUT2D eigenvalue weighted by Crippen LogP contribution is 2.21. The van der Waals surface area contributed by atoms with Crippen molar-refractivity contribution in [3.8, 4) is 0 Å². The maximum absolute atomic E-state index is 12.6. The van der Waals surface area contributed by atoms with E-state index in [-0.39, 0.29) is 18.4 Å². The summed E-state index contributed by atoms with van der Waals surface area (Å²) in [6.07, 6.45) is 3.37. The van der Waals surface area contributed by atoms with E-state index in [1.807, 2.05) is 24.3 Å². The number of nitrogens with zero attached hydrogens (tertiary/aromatic N) is 4. The topological polar surface area (TPSA) is 58.4 Å². The van der Waals surface area contributed by atoms with Crippen molar-refractivity contribution in [1.82, 2.24) is 14.7 Å². The summed E-state index contributed by atoms with van der Waals surface area (Å²) in [6.45, 7) is 6.02. The number of carbonyl (C=O) groups excluding carboxylic acids is 2. The van der Waals surface area contributed by atoms with Crippen molar-refractivity contribution in [2.24, 2.45) is 0 Å². The van der Waals surface area contributed by atoms with E-state index in [1.54, 1.807) is 49.1 Å². The van der Waals surface area contributed by atoms with Crippen molar-refractivity contribution >= 4 is 17.5 Å². The third kappa shape index (κ3) is 4.47. The van der Waals surface area contributed by atoms with Crippen molar-refractivity contribution in [2.75, 3.05) is 25.5 Å². The van der Waals surface area contributed by atoms with Crippen LogP contribution >= 0.6 is 0 Å². The highest BCUT2D eigenvalue weighted by atomic mass is 16.2. The molecule has 2 amide bonds. The third-order valence-electron chi connectivity index (χ3n) is 4.33. The van der Waals surface area contributed by atoms with Gasteiger partial charge in [-0.1, -0.05) is 26.0 Å². The molecule has 25 heavy (non-hydrogen) atoms. The van der Waals surface area contributed by atoms with Gasteiger partial charge in [-0.05, 0) is 36.6 Å². The summed E-state index contributed by atoms with van der Waals surface area (Å²) >= 11 is 0. The monoisotopic (exact) mass is 342 g/mol. The number of carbonyl (C=O) groups is 2. The van der Waals surface area contributed by atoms with Crippen LogP contribution in [-0.4, -0.2) is 47.1 Å². The molecule has 134 valence electrons. The van der Waals surface area contributed by atoms with Crippen LogP contribution in [0.5, 0.6) is 0 Å². The van der Waals surface area contributed by atoms with Crippen LogP contribution in [0.4, 0.5) is 5.69 Å². The van der Waals surface area contributed by atoms with Crippen LogP contribution in [0.1, 0.15) is 38.3 Å². The lowest BCUT2D eigenvalue weighted by Crippen LogP contribution is -2.41. The average molecular weight is 342 g/mol. The summed E-state index contributed by atoms with van der Waals surface area (Å²) < 4.78 is 1.58. The number of aromatic nitrogens is 2. The lowest BCUT2D eigenvalue weighted by atomic mass is 10.0. The Morgan fingerprint density at radius 1 is 1.16 bits per heavy atom. The minimum atomic E-state index is -0.442. The van der Waals surface area contributed by atoms with E-state index in [9.17, 15) is 9.59 Å². The van der Waals surface area contributed by atoms with Crippen LogP contribution in [0, 0.1) is 0 Å². The molecule has 0 bridgehead atoms. The minimum absolute atomic E-state index is 0.0207. The van der Waals surface area contributed by atoms with Gasteiger partial charge in [0.25, 0.3) is 0 Å². The Labute approximate surface area is 149 Å². The van der Waals surface area contributed by atoms with Crippen LogP contribution in [0.2, 0.25) is 0 Å². The smallest absolute Gasteiger partial charge is 0.247 e. The van der Waals surface area contributed by atoms with E-state index < -0.39 is 6.04 Å². The first-order valence-electron chi connectivity index (χ1n) is 8.42. The molecular weight excluding hydrogens is 316 g/mol. The third-order valence-corrected chi connectivity index (χ3v) is 4.33. The normalized spacial score (nSPS) is 12.1. The molecule has 6 heteroatoms. The molecule has 2 rings (SSSR count). The molecule has 0 N–H and O–H groups in total. The number of anilines is 1. The zero-order valence-electron chi connectivity index (χ0n) is 15.5. The van der Waals surface area contributed by atoms with Crippen molar-refractivity contribution < 1.29 is 9.59 Å². The number of hydrogen-bond donors (Lipinski definition) is 0. The molecule has 0 aliphatic carbocycles. The summed E-state index contributed by atoms with van der Waals surface area (Å²) in [5.74, 6) is 0.105. The Morgan fingerprint density at radius 3 is 2.48 bits per heavy atom. The highest BCUT2D eigenvalue weighted by molar-refractivity contribution is 5.96. The molecule has 0 saturated heterocycles. The van der Waals surface area contributed by atoms with Gasteiger partial charge in [0, 0.05) is 32.2 Å². The van der Waals surface area contributed by atoms with Crippen LogP contribution in [-0.2, 0) is 9.59 Å². The molecule has 1 atom stereocenters. The van der Waals surface area contributed by atoms with E-state index in [4.69, 9.17) is 0 Å². The molecule has 1 aromatic carbocycles. The van der Waals surface area contributed by atoms with Crippen LogP contribution in [0.25, 0.3) is 0 Å². The SMILES string of the molecule is CC(C)c1cccc(N(C)C(=O)CN(C)C(=O)C(C)n2cccn2)c1. The molecule has 0 spiro atoms. The molecule has 0 radical (unpaired) electrons. The molecular formula is C19H26N4O2. The predicted octanol–water partition coefficient (Wildman–Crippen LogP) is 2.69. The van der Waals surface area contributed by atoms with Gasteiger partial charge in [0.05, 0.1) is 6.54 Å². The van der Waals surface area contributed by atoms with Crippen LogP contribution in [0.15, 0.2) is 42.7 Å². The van der Waals surface area contributed by atoms with Crippen LogP contribution in [0.3, 0.4) is 0 Å². The maximum Gasteiger partial charge on any atom is 0.247 e. The van der Waals surface area contributed by atoms with E-state index in [0.717, 1.165) is 5.69 Å². The largest absolute Gasteiger partial charge is 0.335 e. The fourth-order valence-corrected chi connectivity index (χ4v) is 2.57. The molecule has 1 unspecified atom stereocenters. The van der Waals surface area contributed by atoms with Crippen molar-refractivity contribution in [3.05, 3.63) is 48.3 Å². The Kier molecular flexibility index (Phi) is 5.96. The molecule has 1 aromatic heterocycles. The quantitative estimate of drug-likeness (QED) is 0.811. The molecule has 0 saturated carbocycles. The van der Waals surface area contributed by atoms with Gasteiger partial charge < -0.3 is 9.80 Å².